The second kappa shape index (κ2) is 9.12. The summed E-state index contributed by atoms with van der Waals surface area (Å²) in [6.07, 6.45) is 0.451. The maximum Gasteiger partial charge on any atom is 0.490 e. The first kappa shape index (κ1) is 28.1. The van der Waals surface area contributed by atoms with Crippen molar-refractivity contribution in [1.82, 2.24) is 14.9 Å². The number of phosphoric acid groups is 3. The highest BCUT2D eigenvalue weighted by Gasteiger charge is 2.59. The molecule has 16 nitrogen and oxygen atoms in total. The van der Waals surface area contributed by atoms with E-state index >= 15 is 0 Å². The average Bonchev–Trinajstić information content (AvgIpc) is 3.16. The molecule has 2 aliphatic rings. The van der Waals surface area contributed by atoms with Gasteiger partial charge in [-0.05, 0) is 5.92 Å². The molecule has 3 unspecified atom stereocenters. The zero-order chi connectivity index (χ0) is 26.6. The molecule has 35 heavy (non-hydrogen) atoms. The monoisotopic (exact) mass is 563 g/mol. The summed E-state index contributed by atoms with van der Waals surface area (Å²) < 4.78 is 68.5. The van der Waals surface area contributed by atoms with Crippen molar-refractivity contribution in [2.24, 2.45) is 22.1 Å². The molecule has 5 atom stereocenters. The molecule has 2 aliphatic heterocycles. The molecule has 3 heterocycles. The third-order valence-electron chi connectivity index (χ3n) is 5.81. The van der Waals surface area contributed by atoms with Crippen molar-refractivity contribution in [3.05, 3.63) is 18.6 Å². The maximum absolute atomic E-state index is 14.4. The Morgan fingerprint density at radius 1 is 1.26 bits per heavy atom. The number of aromatic nitrogens is 2. The number of nitrogens with zero attached hydrogens (tertiary/aromatic N) is 3. The van der Waals surface area contributed by atoms with Gasteiger partial charge < -0.3 is 35.4 Å². The number of hydrogen-bond donors (Lipinski definition) is 6. The summed E-state index contributed by atoms with van der Waals surface area (Å²) in [6, 6.07) is 0. The highest BCUT2D eigenvalue weighted by molar-refractivity contribution is 7.66. The fraction of sp³-hybridized carbons (Fsp3) is 0.600. The van der Waals surface area contributed by atoms with E-state index in [4.69, 9.17) is 24.8 Å². The number of imidazole rings is 1. The lowest BCUT2D eigenvalue weighted by molar-refractivity contribution is -0.122. The van der Waals surface area contributed by atoms with Crippen molar-refractivity contribution in [1.29, 1.82) is 0 Å². The summed E-state index contributed by atoms with van der Waals surface area (Å²) >= 11 is 0. The molecule has 0 aromatic carbocycles. The van der Waals surface area contributed by atoms with E-state index in [1.54, 1.807) is 20.8 Å². The smallest absolute Gasteiger partial charge is 0.369 e. The largest absolute Gasteiger partial charge is 0.490 e. The van der Waals surface area contributed by atoms with Crippen LogP contribution in [0.25, 0.3) is 5.70 Å². The van der Waals surface area contributed by atoms with E-state index in [0.717, 1.165) is 0 Å². The quantitative estimate of drug-likeness (QED) is 0.234. The van der Waals surface area contributed by atoms with Crippen LogP contribution < -0.4 is 11.1 Å². The van der Waals surface area contributed by atoms with Gasteiger partial charge in [-0.2, -0.15) is 13.6 Å². The molecule has 3 rings (SSSR count). The third-order valence-corrected chi connectivity index (χ3v) is 9.60. The Morgan fingerprint density at radius 2 is 1.89 bits per heavy atom. The van der Waals surface area contributed by atoms with Gasteiger partial charge in [0.25, 0.3) is 0 Å². The molecule has 198 valence electrons. The van der Waals surface area contributed by atoms with Gasteiger partial charge in [-0.1, -0.05) is 27.4 Å². The van der Waals surface area contributed by atoms with Crippen LogP contribution in [0, 0.1) is 11.3 Å². The average molecular weight is 563 g/mol. The van der Waals surface area contributed by atoms with Crippen LogP contribution in [0.5, 0.6) is 0 Å². The van der Waals surface area contributed by atoms with Crippen LogP contribution in [-0.4, -0.2) is 54.0 Å². The normalized spacial score (nSPS) is 29.6. The number of guanidine groups is 1. The lowest BCUT2D eigenvalue weighted by Gasteiger charge is -2.33. The molecule has 0 spiro atoms. The van der Waals surface area contributed by atoms with Crippen molar-refractivity contribution < 1.29 is 55.5 Å². The van der Waals surface area contributed by atoms with Crippen LogP contribution in [0.4, 0.5) is 10.2 Å². The van der Waals surface area contributed by atoms with E-state index < -0.39 is 59.9 Å². The lowest BCUT2D eigenvalue weighted by Crippen LogP contribution is -2.44. The zero-order valence-electron chi connectivity index (χ0n) is 18.6. The van der Waals surface area contributed by atoms with E-state index in [2.05, 4.69) is 30.5 Å². The van der Waals surface area contributed by atoms with Crippen molar-refractivity contribution >= 4 is 40.9 Å². The van der Waals surface area contributed by atoms with E-state index in [9.17, 15) is 27.9 Å². The number of aliphatic imine (C=N–C) groups is 1. The van der Waals surface area contributed by atoms with Gasteiger partial charge in [-0.25, -0.2) is 23.1 Å². The molecular formula is C15H25FN5O11P3. The van der Waals surface area contributed by atoms with Crippen LogP contribution in [-0.2, 0) is 31.6 Å². The number of halogens is 1. The first-order valence-corrected chi connectivity index (χ1v) is 14.2. The molecule has 1 aromatic heterocycles. The minimum absolute atomic E-state index is 0.0394. The van der Waals surface area contributed by atoms with Crippen LogP contribution in [0.2, 0.25) is 0 Å². The maximum atomic E-state index is 14.4. The van der Waals surface area contributed by atoms with Gasteiger partial charge in [0.1, 0.15) is 24.2 Å². The Morgan fingerprint density at radius 3 is 2.46 bits per heavy atom. The first-order valence-electron chi connectivity index (χ1n) is 9.72. The van der Waals surface area contributed by atoms with E-state index in [0.29, 0.717) is 11.4 Å². The Kier molecular flexibility index (Phi) is 7.32. The number of hydrogen-bond acceptors (Lipinski definition) is 11. The molecule has 0 radical (unpaired) electrons. The van der Waals surface area contributed by atoms with Gasteiger partial charge in [0.15, 0.2) is 11.8 Å². The molecule has 0 amide bonds. The number of ether oxygens (including phenoxy) is 1. The Bertz CT molecular complexity index is 1200. The predicted octanol–water partition coefficient (Wildman–Crippen LogP) is 1.65. The second-order valence-corrected chi connectivity index (χ2v) is 12.9. The first-order chi connectivity index (χ1) is 15.8. The van der Waals surface area contributed by atoms with Crippen LogP contribution in [0.15, 0.2) is 17.9 Å². The minimum Gasteiger partial charge on any atom is -0.369 e. The molecule has 1 fully saturated rings. The van der Waals surface area contributed by atoms with E-state index in [1.807, 2.05) is 0 Å². The highest BCUT2D eigenvalue weighted by Crippen LogP contribution is 2.67. The number of phosphoric ester groups is 1. The molecule has 20 heteroatoms. The molecule has 0 bridgehead atoms. The molecular weight excluding hydrogens is 538 g/mol. The number of rotatable bonds is 9. The van der Waals surface area contributed by atoms with Crippen molar-refractivity contribution in [3.8, 4) is 0 Å². The summed E-state index contributed by atoms with van der Waals surface area (Å²) in [6.45, 7) is 6.70. The zero-order valence-corrected chi connectivity index (χ0v) is 21.3. The SMILES string of the molecule is C=C1NC(N)=Nc2c1ncn2C1O[C@](CF)(COP(=O)(O)OP(=O)(O)OP(=O)(O)O)[C@@H](C)C1(C)C. The van der Waals surface area contributed by atoms with E-state index in [-0.39, 0.29) is 11.8 Å². The summed E-state index contributed by atoms with van der Waals surface area (Å²) in [5.74, 6) is -0.391. The van der Waals surface area contributed by atoms with Gasteiger partial charge in [-0.15, -0.1) is 0 Å². The number of nitrogens with one attached hydrogen (secondary N) is 1. The molecule has 1 saturated heterocycles. The van der Waals surface area contributed by atoms with Crippen molar-refractivity contribution in [2.45, 2.75) is 32.6 Å². The van der Waals surface area contributed by atoms with Crippen LogP contribution in [0.3, 0.4) is 0 Å². The summed E-state index contributed by atoms with van der Waals surface area (Å²) in [5.41, 5.74) is 3.78. The molecule has 1 aromatic rings. The molecule has 0 aliphatic carbocycles. The number of nitrogens with two attached hydrogens (primary N) is 1. The predicted molar refractivity (Wildman–Crippen MR) is 117 cm³/mol. The van der Waals surface area contributed by atoms with Crippen LogP contribution >= 0.6 is 23.5 Å². The van der Waals surface area contributed by atoms with E-state index in [1.165, 1.54) is 10.9 Å². The molecule has 7 N–H and O–H groups in total. The number of alkyl halides is 1. The number of fused-ring (bicyclic) bond motifs is 1. The summed E-state index contributed by atoms with van der Waals surface area (Å²) in [4.78, 5) is 44.8. The van der Waals surface area contributed by atoms with Gasteiger partial charge >= 0.3 is 23.5 Å². The van der Waals surface area contributed by atoms with Gasteiger partial charge in [0, 0.05) is 5.41 Å². The van der Waals surface area contributed by atoms with Gasteiger partial charge in [-0.3, -0.25) is 9.09 Å². The fourth-order valence-electron chi connectivity index (χ4n) is 3.83. The Balaban J connectivity index is 1.86. The highest BCUT2D eigenvalue weighted by atomic mass is 31.3. The molecule has 0 saturated carbocycles. The van der Waals surface area contributed by atoms with Gasteiger partial charge in [0.05, 0.1) is 18.6 Å². The van der Waals surface area contributed by atoms with Crippen molar-refractivity contribution in [2.75, 3.05) is 13.3 Å². The minimum atomic E-state index is -5.73. The van der Waals surface area contributed by atoms with Crippen molar-refractivity contribution in [3.63, 3.8) is 0 Å². The summed E-state index contributed by atoms with van der Waals surface area (Å²) in [5, 5.41) is 2.73. The standard InChI is InChI=1S/C15H25FN5O11P3/c1-8-10-11(20-13(17)19-8)21(7-18-10)12-14(3,4)9(2)15(5-16,30-12)6-29-34(25,26)32-35(27,28)31-33(22,23)24/h7,9,12H,1,5-6H2,2-4H3,(H,25,26)(H,27,28)(H3,17,19,20)(H2,22,23,24)/t9-,12?,15+/m0/s1. The van der Waals surface area contributed by atoms with Gasteiger partial charge in [0.2, 0.25) is 0 Å². The van der Waals surface area contributed by atoms with Crippen LogP contribution in [0.1, 0.15) is 32.7 Å². The third kappa shape index (κ3) is 5.76. The lowest BCUT2D eigenvalue weighted by atomic mass is 9.73. The summed E-state index contributed by atoms with van der Waals surface area (Å²) in [7, 11) is -16.8. The topological polar surface area (TPSA) is 237 Å². The Labute approximate surface area is 198 Å². The second-order valence-electron chi connectivity index (χ2n) is 8.50. The Hall–Kier alpha value is -1.48. The fourth-order valence-corrected chi connectivity index (χ4v) is 6.90.